The molecule has 0 aliphatic rings. The number of esters is 2. The summed E-state index contributed by atoms with van der Waals surface area (Å²) in [6.45, 7) is 4.34. The first kappa shape index (κ1) is 73.5. The molecular formula is C66H121NO8P+. The van der Waals surface area contributed by atoms with Gasteiger partial charge in [0.1, 0.15) is 19.8 Å². The molecule has 0 bridgehead atoms. The quantitative estimate of drug-likeness (QED) is 0.0211. The van der Waals surface area contributed by atoms with E-state index in [0.29, 0.717) is 17.4 Å². The minimum Gasteiger partial charge on any atom is -0.462 e. The summed E-state index contributed by atoms with van der Waals surface area (Å²) in [5.74, 6) is -0.797. The van der Waals surface area contributed by atoms with Gasteiger partial charge in [-0.05, 0) is 83.5 Å². The Labute approximate surface area is 469 Å². The maximum absolute atomic E-state index is 12.8. The molecule has 0 radical (unpaired) electrons. The Balaban J connectivity index is 4.11. The van der Waals surface area contributed by atoms with E-state index in [1.54, 1.807) is 0 Å². The van der Waals surface area contributed by atoms with E-state index < -0.39 is 26.5 Å². The van der Waals surface area contributed by atoms with Gasteiger partial charge in [-0.2, -0.15) is 0 Å². The number of quaternary nitrogens is 1. The summed E-state index contributed by atoms with van der Waals surface area (Å²) >= 11 is 0. The number of hydrogen-bond donors (Lipinski definition) is 1. The van der Waals surface area contributed by atoms with Gasteiger partial charge in [-0.3, -0.25) is 18.6 Å². The van der Waals surface area contributed by atoms with Gasteiger partial charge in [-0.25, -0.2) is 4.57 Å². The third-order valence-corrected chi connectivity index (χ3v) is 14.7. The van der Waals surface area contributed by atoms with Gasteiger partial charge in [-0.15, -0.1) is 0 Å². The number of carbonyl (C=O) groups excluding carboxylic acids is 2. The normalized spacial score (nSPS) is 13.7. The van der Waals surface area contributed by atoms with Gasteiger partial charge in [-0.1, -0.05) is 260 Å². The maximum Gasteiger partial charge on any atom is 0.472 e. The molecule has 0 amide bonds. The van der Waals surface area contributed by atoms with E-state index in [0.717, 1.165) is 77.0 Å². The standard InChI is InChI=1S/C66H120NO8P/c1-6-8-10-12-14-16-18-20-22-24-26-28-30-32-33-35-36-38-40-42-44-46-48-50-52-54-56-58-65(68)72-62-64(63-74-76(70,71)73-61-60-67(3,4)5)75-66(69)59-57-55-53-51-49-47-45-43-41-39-37-34-31-29-27-25-23-21-19-17-15-13-11-9-7-2/h9,11,15,17,21,23-24,26-27,29,34,37,64H,6-8,10,12-14,16,18-20,22,25,28,30-33,35-36,38-63H2,1-5H3/p+1/b11-9-,17-15-,23-21-,26-24-,29-27-,37-34-. The number of unbranched alkanes of at least 4 members (excludes halogenated alkanes) is 32. The molecule has 0 heterocycles. The Morgan fingerprint density at radius 1 is 0.421 bits per heavy atom. The van der Waals surface area contributed by atoms with E-state index in [-0.39, 0.29) is 32.0 Å². The van der Waals surface area contributed by atoms with Gasteiger partial charge in [0.2, 0.25) is 0 Å². The Morgan fingerprint density at radius 3 is 1.13 bits per heavy atom. The molecule has 2 atom stereocenters. The highest BCUT2D eigenvalue weighted by atomic mass is 31.2. The van der Waals surface area contributed by atoms with E-state index in [1.165, 1.54) is 173 Å². The minimum atomic E-state index is -4.39. The Bertz CT molecular complexity index is 1510. The summed E-state index contributed by atoms with van der Waals surface area (Å²) in [6.07, 6.45) is 75.5. The smallest absolute Gasteiger partial charge is 0.462 e. The number of nitrogens with zero attached hydrogens (tertiary/aromatic N) is 1. The van der Waals surface area contributed by atoms with Crippen LogP contribution in [0.15, 0.2) is 72.9 Å². The van der Waals surface area contributed by atoms with Crippen LogP contribution in [-0.4, -0.2) is 74.9 Å². The fraction of sp³-hybridized carbons (Fsp3) is 0.788. The van der Waals surface area contributed by atoms with Gasteiger partial charge in [0, 0.05) is 12.8 Å². The number of carbonyl (C=O) groups is 2. The molecule has 0 rings (SSSR count). The van der Waals surface area contributed by atoms with Crippen molar-refractivity contribution < 1.29 is 42.1 Å². The summed E-state index contributed by atoms with van der Waals surface area (Å²) in [5, 5.41) is 0. The van der Waals surface area contributed by atoms with E-state index >= 15 is 0 Å². The lowest BCUT2D eigenvalue weighted by Crippen LogP contribution is -2.37. The molecule has 0 aromatic carbocycles. The Kier molecular flexibility index (Phi) is 55.2. The molecule has 0 saturated heterocycles. The van der Waals surface area contributed by atoms with Crippen LogP contribution in [0.5, 0.6) is 0 Å². The lowest BCUT2D eigenvalue weighted by Gasteiger charge is -2.24. The van der Waals surface area contributed by atoms with Crippen molar-refractivity contribution in [1.29, 1.82) is 0 Å². The summed E-state index contributed by atoms with van der Waals surface area (Å²) in [4.78, 5) is 35.8. The van der Waals surface area contributed by atoms with E-state index in [4.69, 9.17) is 18.5 Å². The number of allylic oxidation sites excluding steroid dienone is 12. The highest BCUT2D eigenvalue weighted by molar-refractivity contribution is 7.47. The average Bonchev–Trinajstić information content (AvgIpc) is 3.38. The maximum atomic E-state index is 12.8. The summed E-state index contributed by atoms with van der Waals surface area (Å²) < 4.78 is 34.6. The number of ether oxygens (including phenoxy) is 2. The molecule has 0 fully saturated rings. The molecule has 0 aliphatic carbocycles. The van der Waals surface area contributed by atoms with Gasteiger partial charge in [0.15, 0.2) is 6.10 Å². The largest absolute Gasteiger partial charge is 0.472 e. The first-order valence-electron chi connectivity index (χ1n) is 31.7. The first-order chi connectivity index (χ1) is 37.0. The van der Waals surface area contributed by atoms with Crippen molar-refractivity contribution in [3.05, 3.63) is 72.9 Å². The summed E-state index contributed by atoms with van der Waals surface area (Å²) in [7, 11) is 1.47. The molecule has 0 spiro atoms. The van der Waals surface area contributed by atoms with Crippen molar-refractivity contribution >= 4 is 19.8 Å². The Hall–Kier alpha value is -2.55. The van der Waals surface area contributed by atoms with Crippen molar-refractivity contribution in [1.82, 2.24) is 0 Å². The van der Waals surface area contributed by atoms with Crippen molar-refractivity contribution in [2.45, 2.75) is 290 Å². The first-order valence-corrected chi connectivity index (χ1v) is 33.2. The predicted molar refractivity (Wildman–Crippen MR) is 326 cm³/mol. The molecule has 10 heteroatoms. The molecule has 0 saturated carbocycles. The van der Waals surface area contributed by atoms with E-state index in [1.807, 2.05) is 21.1 Å². The zero-order valence-electron chi connectivity index (χ0n) is 50.2. The number of phosphoric ester groups is 1. The Morgan fingerprint density at radius 2 is 0.750 bits per heavy atom. The number of rotatable bonds is 58. The zero-order valence-corrected chi connectivity index (χ0v) is 51.1. The highest BCUT2D eigenvalue weighted by Crippen LogP contribution is 2.43. The second kappa shape index (κ2) is 57.1. The summed E-state index contributed by atoms with van der Waals surface area (Å²) in [6, 6.07) is 0. The summed E-state index contributed by atoms with van der Waals surface area (Å²) in [5.41, 5.74) is 0. The van der Waals surface area contributed by atoms with E-state index in [9.17, 15) is 19.0 Å². The molecule has 0 aromatic heterocycles. The molecule has 9 nitrogen and oxygen atoms in total. The fourth-order valence-electron chi connectivity index (χ4n) is 8.86. The highest BCUT2D eigenvalue weighted by Gasteiger charge is 2.27. The van der Waals surface area contributed by atoms with Gasteiger partial charge in [0.05, 0.1) is 27.7 Å². The van der Waals surface area contributed by atoms with Crippen LogP contribution in [0.1, 0.15) is 284 Å². The second-order valence-corrected chi connectivity index (χ2v) is 23.9. The van der Waals surface area contributed by atoms with Crippen molar-refractivity contribution in [2.75, 3.05) is 47.5 Å². The lowest BCUT2D eigenvalue weighted by molar-refractivity contribution is -0.870. The lowest BCUT2D eigenvalue weighted by atomic mass is 10.0. The van der Waals surface area contributed by atoms with E-state index in [2.05, 4.69) is 86.8 Å². The van der Waals surface area contributed by atoms with Crippen LogP contribution in [-0.2, 0) is 32.7 Å². The monoisotopic (exact) mass is 1090 g/mol. The van der Waals surface area contributed by atoms with Crippen LogP contribution in [0.3, 0.4) is 0 Å². The minimum absolute atomic E-state index is 0.0286. The fourth-order valence-corrected chi connectivity index (χ4v) is 9.60. The molecule has 442 valence electrons. The SMILES string of the molecule is CC/C=C\C/C=C\C/C=C\C/C=C\C/C=C\CCCCCCCCCCCC(=O)OC(COC(=O)CCCCCCCCCCCCCCCCC/C=C\CCCCCCCCCC)COP(=O)(O)OCC[N+](C)(C)C. The number of likely N-dealkylation sites (N-methyl/N-ethyl adjacent to an activating group) is 1. The topological polar surface area (TPSA) is 108 Å². The van der Waals surface area contributed by atoms with Crippen LogP contribution >= 0.6 is 7.82 Å². The van der Waals surface area contributed by atoms with Crippen LogP contribution < -0.4 is 0 Å². The van der Waals surface area contributed by atoms with Crippen LogP contribution in [0.4, 0.5) is 0 Å². The van der Waals surface area contributed by atoms with Crippen molar-refractivity contribution in [3.8, 4) is 0 Å². The predicted octanol–water partition coefficient (Wildman–Crippen LogP) is 20.0. The zero-order chi connectivity index (χ0) is 55.6. The number of phosphoric acid groups is 1. The second-order valence-electron chi connectivity index (χ2n) is 22.4. The molecule has 0 aliphatic heterocycles. The van der Waals surface area contributed by atoms with Gasteiger partial charge < -0.3 is 18.9 Å². The van der Waals surface area contributed by atoms with Gasteiger partial charge in [0.25, 0.3) is 0 Å². The number of hydrogen-bond acceptors (Lipinski definition) is 7. The van der Waals surface area contributed by atoms with Crippen molar-refractivity contribution in [3.63, 3.8) is 0 Å². The van der Waals surface area contributed by atoms with Crippen LogP contribution in [0, 0.1) is 0 Å². The average molecular weight is 1090 g/mol. The van der Waals surface area contributed by atoms with Crippen molar-refractivity contribution in [2.24, 2.45) is 0 Å². The molecular weight excluding hydrogens is 966 g/mol. The molecule has 2 unspecified atom stereocenters. The third-order valence-electron chi connectivity index (χ3n) is 13.7. The van der Waals surface area contributed by atoms with Gasteiger partial charge >= 0.3 is 19.8 Å². The van der Waals surface area contributed by atoms with Crippen LogP contribution in [0.25, 0.3) is 0 Å². The van der Waals surface area contributed by atoms with Crippen LogP contribution in [0.2, 0.25) is 0 Å². The molecule has 1 N–H and O–H groups in total. The third kappa shape index (κ3) is 60.7. The molecule has 0 aromatic rings. The molecule has 76 heavy (non-hydrogen) atoms.